The summed E-state index contributed by atoms with van der Waals surface area (Å²) in [4.78, 5) is 17.9. The van der Waals surface area contributed by atoms with E-state index in [1.807, 2.05) is 19.1 Å². The number of carbonyl (C=O) groups is 1. The van der Waals surface area contributed by atoms with Crippen LogP contribution in [-0.4, -0.2) is 33.2 Å². The highest BCUT2D eigenvalue weighted by Crippen LogP contribution is 2.39. The zero-order valence-corrected chi connectivity index (χ0v) is 17.3. The van der Waals surface area contributed by atoms with E-state index >= 15 is 0 Å². The van der Waals surface area contributed by atoms with E-state index in [1.165, 1.54) is 35.2 Å². The summed E-state index contributed by atoms with van der Waals surface area (Å²) < 4.78 is 26.4. The average molecular weight is 442 g/mol. The van der Waals surface area contributed by atoms with Crippen molar-refractivity contribution in [2.24, 2.45) is 0 Å². The van der Waals surface area contributed by atoms with Gasteiger partial charge in [-0.05, 0) is 31.2 Å². The van der Waals surface area contributed by atoms with E-state index in [1.54, 1.807) is 22.9 Å². The molecule has 3 heterocycles. The van der Waals surface area contributed by atoms with Gasteiger partial charge in [-0.15, -0.1) is 11.8 Å². The number of halogens is 1. The number of nitrogens with one attached hydrogen (secondary N) is 1. The van der Waals surface area contributed by atoms with Crippen LogP contribution in [0.4, 0.5) is 10.2 Å². The highest BCUT2D eigenvalue weighted by Gasteiger charge is 2.19. The summed E-state index contributed by atoms with van der Waals surface area (Å²) in [5.41, 5.74) is 1.53. The van der Waals surface area contributed by atoms with Crippen molar-refractivity contribution in [3.63, 3.8) is 0 Å². The molecule has 0 saturated heterocycles. The predicted molar refractivity (Wildman–Crippen MR) is 113 cm³/mol. The Labute approximate surface area is 178 Å². The van der Waals surface area contributed by atoms with E-state index in [0.717, 1.165) is 20.8 Å². The molecule has 152 valence electrons. The lowest BCUT2D eigenvalue weighted by Crippen LogP contribution is -2.16. The third-order valence-corrected chi connectivity index (χ3v) is 6.34. The van der Waals surface area contributed by atoms with Gasteiger partial charge in [0.1, 0.15) is 11.6 Å². The lowest BCUT2D eigenvalue weighted by molar-refractivity contribution is -0.113. The zero-order valence-electron chi connectivity index (χ0n) is 15.7. The van der Waals surface area contributed by atoms with Gasteiger partial charge in [0, 0.05) is 23.1 Å². The van der Waals surface area contributed by atoms with Gasteiger partial charge < -0.3 is 14.8 Å². The molecule has 0 saturated carbocycles. The van der Waals surface area contributed by atoms with E-state index in [4.69, 9.17) is 9.47 Å². The standard InChI is InChI=1S/C20H15FN4O3S2/c1-11-6-18(23-19(26)9-29-13-4-2-12(21)3-5-13)25(24-11)20-22-14-7-15-16(28-10-27-15)8-17(14)30-20/h2-8H,9-10H2,1H3,(H,23,26). The number of amides is 1. The molecule has 0 aliphatic carbocycles. The van der Waals surface area contributed by atoms with Crippen molar-refractivity contribution in [1.29, 1.82) is 0 Å². The lowest BCUT2D eigenvalue weighted by Gasteiger charge is -2.06. The number of anilines is 1. The minimum atomic E-state index is -0.303. The normalized spacial score (nSPS) is 12.5. The van der Waals surface area contributed by atoms with Gasteiger partial charge in [0.05, 0.1) is 21.7 Å². The van der Waals surface area contributed by atoms with Crippen molar-refractivity contribution in [2.45, 2.75) is 11.8 Å². The van der Waals surface area contributed by atoms with E-state index in [2.05, 4.69) is 15.4 Å². The number of aryl methyl sites for hydroxylation is 1. The van der Waals surface area contributed by atoms with Gasteiger partial charge >= 0.3 is 0 Å². The number of fused-ring (bicyclic) bond motifs is 2. The Bertz CT molecular complexity index is 1210. The van der Waals surface area contributed by atoms with Crippen LogP contribution in [0, 0.1) is 12.7 Å². The van der Waals surface area contributed by atoms with Gasteiger partial charge in [0.25, 0.3) is 0 Å². The van der Waals surface area contributed by atoms with Crippen molar-refractivity contribution >= 4 is 45.0 Å². The molecule has 2 aromatic carbocycles. The van der Waals surface area contributed by atoms with Crippen molar-refractivity contribution < 1.29 is 18.7 Å². The van der Waals surface area contributed by atoms with Gasteiger partial charge in [-0.2, -0.15) is 9.78 Å². The maximum atomic E-state index is 13.0. The molecule has 0 bridgehead atoms. The van der Waals surface area contributed by atoms with Crippen molar-refractivity contribution in [3.8, 4) is 16.6 Å². The molecule has 1 N–H and O–H groups in total. The van der Waals surface area contributed by atoms with E-state index in [9.17, 15) is 9.18 Å². The quantitative estimate of drug-likeness (QED) is 0.462. The highest BCUT2D eigenvalue weighted by molar-refractivity contribution is 8.00. The Morgan fingerprint density at radius 3 is 2.80 bits per heavy atom. The van der Waals surface area contributed by atoms with Crippen molar-refractivity contribution in [3.05, 3.63) is 54.0 Å². The van der Waals surface area contributed by atoms with Crippen molar-refractivity contribution in [2.75, 3.05) is 17.9 Å². The largest absolute Gasteiger partial charge is 0.454 e. The first-order chi connectivity index (χ1) is 14.5. The number of ether oxygens (including phenoxy) is 2. The molecule has 30 heavy (non-hydrogen) atoms. The summed E-state index contributed by atoms with van der Waals surface area (Å²) in [5, 5.41) is 7.99. The van der Waals surface area contributed by atoms with Gasteiger partial charge in [-0.3, -0.25) is 4.79 Å². The van der Waals surface area contributed by atoms with Gasteiger partial charge in [-0.25, -0.2) is 9.37 Å². The Hall–Kier alpha value is -3.11. The number of hydrogen-bond acceptors (Lipinski definition) is 7. The molecule has 0 fully saturated rings. The molecule has 4 aromatic rings. The number of thiazole rings is 1. The van der Waals surface area contributed by atoms with E-state index in [-0.39, 0.29) is 24.3 Å². The smallest absolute Gasteiger partial charge is 0.235 e. The van der Waals surface area contributed by atoms with Crippen LogP contribution in [0.3, 0.4) is 0 Å². The zero-order chi connectivity index (χ0) is 20.7. The number of rotatable bonds is 5. The van der Waals surface area contributed by atoms with E-state index in [0.29, 0.717) is 22.4 Å². The summed E-state index contributed by atoms with van der Waals surface area (Å²) in [7, 11) is 0. The van der Waals surface area contributed by atoms with Gasteiger partial charge in [-0.1, -0.05) is 11.3 Å². The maximum Gasteiger partial charge on any atom is 0.235 e. The van der Waals surface area contributed by atoms with E-state index < -0.39 is 0 Å². The SMILES string of the molecule is Cc1cc(NC(=O)CSc2ccc(F)cc2)n(-c2nc3cc4c(cc3s2)OCO4)n1. The molecule has 0 radical (unpaired) electrons. The van der Waals surface area contributed by atoms with Crippen molar-refractivity contribution in [1.82, 2.24) is 14.8 Å². The summed E-state index contributed by atoms with van der Waals surface area (Å²) in [6, 6.07) is 11.6. The first-order valence-corrected chi connectivity index (χ1v) is 10.8. The minimum absolute atomic E-state index is 0.188. The van der Waals surface area contributed by atoms with Crippen LogP contribution in [0.5, 0.6) is 11.5 Å². The first kappa shape index (κ1) is 18.9. The van der Waals surface area contributed by atoms with Gasteiger partial charge in [0.2, 0.25) is 17.8 Å². The van der Waals surface area contributed by atoms with Crippen LogP contribution in [-0.2, 0) is 4.79 Å². The Kier molecular flexibility index (Phi) is 4.80. The Morgan fingerprint density at radius 2 is 2.00 bits per heavy atom. The number of aromatic nitrogens is 3. The van der Waals surface area contributed by atoms with Crippen LogP contribution in [0.15, 0.2) is 47.4 Å². The summed E-state index contributed by atoms with van der Waals surface area (Å²) in [5.74, 6) is 1.60. The predicted octanol–water partition coefficient (Wildman–Crippen LogP) is 4.39. The number of carbonyl (C=O) groups excluding carboxylic acids is 1. The summed E-state index contributed by atoms with van der Waals surface area (Å²) in [6.07, 6.45) is 0. The van der Waals surface area contributed by atoms with Crippen LogP contribution in [0.1, 0.15) is 5.69 Å². The minimum Gasteiger partial charge on any atom is -0.454 e. The second kappa shape index (κ2) is 7.62. The molecule has 7 nitrogen and oxygen atoms in total. The fourth-order valence-corrected chi connectivity index (χ4v) is 4.63. The third-order valence-electron chi connectivity index (χ3n) is 4.34. The molecular formula is C20H15FN4O3S2. The fraction of sp³-hybridized carbons (Fsp3) is 0.150. The fourth-order valence-electron chi connectivity index (χ4n) is 2.99. The maximum absolute atomic E-state index is 13.0. The highest BCUT2D eigenvalue weighted by atomic mass is 32.2. The molecule has 1 amide bonds. The van der Waals surface area contributed by atoms with Crippen LogP contribution in [0.2, 0.25) is 0 Å². The molecular weight excluding hydrogens is 427 g/mol. The summed E-state index contributed by atoms with van der Waals surface area (Å²) >= 11 is 2.78. The lowest BCUT2D eigenvalue weighted by atomic mass is 10.3. The molecule has 2 aromatic heterocycles. The molecule has 1 aliphatic rings. The number of nitrogens with zero attached hydrogens (tertiary/aromatic N) is 3. The second-order valence-electron chi connectivity index (χ2n) is 6.54. The topological polar surface area (TPSA) is 78.3 Å². The number of thioether (sulfide) groups is 1. The van der Waals surface area contributed by atoms with Gasteiger partial charge in [0.15, 0.2) is 11.5 Å². The summed E-state index contributed by atoms with van der Waals surface area (Å²) in [6.45, 7) is 2.06. The van der Waals surface area contributed by atoms with Crippen LogP contribution >= 0.6 is 23.1 Å². The molecule has 1 aliphatic heterocycles. The van der Waals surface area contributed by atoms with Crippen LogP contribution in [0.25, 0.3) is 15.3 Å². The van der Waals surface area contributed by atoms with Crippen LogP contribution < -0.4 is 14.8 Å². The molecule has 5 rings (SSSR count). The molecule has 0 atom stereocenters. The number of benzene rings is 2. The number of hydrogen-bond donors (Lipinski definition) is 1. The Morgan fingerprint density at radius 1 is 1.23 bits per heavy atom. The Balaban J connectivity index is 1.35. The monoisotopic (exact) mass is 442 g/mol. The third kappa shape index (κ3) is 3.71. The average Bonchev–Trinajstić information content (AvgIpc) is 3.43. The first-order valence-electron chi connectivity index (χ1n) is 9.00. The molecule has 0 spiro atoms. The molecule has 0 unspecified atom stereocenters. The molecule has 10 heteroatoms. The second-order valence-corrected chi connectivity index (χ2v) is 8.60.